The number of carbonyl (C=O) groups is 4. The maximum Gasteiger partial charge on any atom is 0.414 e. The summed E-state index contributed by atoms with van der Waals surface area (Å²) in [6.45, 7) is 5.97. The highest BCUT2D eigenvalue weighted by atomic mass is 16.6. The van der Waals surface area contributed by atoms with Gasteiger partial charge in [-0.2, -0.15) is 0 Å². The number of rotatable bonds is 10. The van der Waals surface area contributed by atoms with Gasteiger partial charge in [0.05, 0.1) is 18.7 Å². The lowest BCUT2D eigenvalue weighted by Crippen LogP contribution is -2.45. The van der Waals surface area contributed by atoms with Crippen molar-refractivity contribution in [3.8, 4) is 0 Å². The third kappa shape index (κ3) is 8.73. The van der Waals surface area contributed by atoms with Crippen molar-refractivity contribution in [2.24, 2.45) is 0 Å². The van der Waals surface area contributed by atoms with Gasteiger partial charge in [-0.05, 0) is 57.2 Å². The van der Waals surface area contributed by atoms with Crippen LogP contribution < -0.4 is 15.5 Å². The first-order valence-corrected chi connectivity index (χ1v) is 13.0. The van der Waals surface area contributed by atoms with Gasteiger partial charge in [0.25, 0.3) is 0 Å². The van der Waals surface area contributed by atoms with E-state index in [1.807, 2.05) is 30.3 Å². The van der Waals surface area contributed by atoms with Crippen molar-refractivity contribution in [3.63, 3.8) is 0 Å². The van der Waals surface area contributed by atoms with Crippen molar-refractivity contribution in [2.75, 3.05) is 25.1 Å². The Morgan fingerprint density at radius 1 is 1.00 bits per heavy atom. The molecule has 1 heterocycles. The molecule has 0 aliphatic carbocycles. The summed E-state index contributed by atoms with van der Waals surface area (Å²) in [5.41, 5.74) is 1.49. The molecule has 2 N–H and O–H groups in total. The standard InChI is InChI=1S/C29H37N3O7/c1-29(2,3)39-28(36)32-18-22(21-14-8-9-16-24(21)32)25(33)31-23(26(34)37-4)15-10-11-17-30-27(35)38-19-20-12-6-5-7-13-20/h5-9,12-14,16,22-23H,10-11,15,17-19H2,1-4H3,(H,30,35)(H,31,33)/t22?,23-/m0/s1. The fourth-order valence-electron chi connectivity index (χ4n) is 4.22. The van der Waals surface area contributed by atoms with Crippen LogP contribution in [0.3, 0.4) is 0 Å². The number of hydrogen-bond donors (Lipinski definition) is 2. The Bertz CT molecular complexity index is 1150. The van der Waals surface area contributed by atoms with Gasteiger partial charge >= 0.3 is 18.2 Å². The predicted molar refractivity (Wildman–Crippen MR) is 145 cm³/mol. The number of esters is 1. The molecule has 1 aliphatic rings. The van der Waals surface area contributed by atoms with Crippen molar-refractivity contribution in [2.45, 2.75) is 64.2 Å². The predicted octanol–water partition coefficient (Wildman–Crippen LogP) is 4.28. The smallest absolute Gasteiger partial charge is 0.414 e. The van der Waals surface area contributed by atoms with E-state index in [1.165, 1.54) is 12.0 Å². The second kappa shape index (κ2) is 13.6. The van der Waals surface area contributed by atoms with Crippen molar-refractivity contribution in [1.82, 2.24) is 10.6 Å². The number of fused-ring (bicyclic) bond motifs is 1. The largest absolute Gasteiger partial charge is 0.467 e. The molecule has 0 saturated carbocycles. The third-order valence-corrected chi connectivity index (χ3v) is 6.10. The minimum absolute atomic E-state index is 0.100. The van der Waals surface area contributed by atoms with E-state index in [0.29, 0.717) is 37.1 Å². The SMILES string of the molecule is COC(=O)[C@H](CCCCNC(=O)OCc1ccccc1)NC(=O)C1CN(C(=O)OC(C)(C)C)c2ccccc21. The van der Waals surface area contributed by atoms with E-state index in [4.69, 9.17) is 14.2 Å². The topological polar surface area (TPSA) is 123 Å². The normalized spacial score (nSPS) is 15.1. The highest BCUT2D eigenvalue weighted by molar-refractivity contribution is 5.98. The van der Waals surface area contributed by atoms with Gasteiger partial charge in [0.15, 0.2) is 0 Å². The number of ether oxygens (including phenoxy) is 3. The van der Waals surface area contributed by atoms with Gasteiger partial charge < -0.3 is 24.8 Å². The summed E-state index contributed by atoms with van der Waals surface area (Å²) in [5.74, 6) is -1.61. The Labute approximate surface area is 229 Å². The molecule has 2 aromatic carbocycles. The van der Waals surface area contributed by atoms with Crippen LogP contribution in [0.1, 0.15) is 57.1 Å². The molecule has 2 atom stereocenters. The summed E-state index contributed by atoms with van der Waals surface area (Å²) >= 11 is 0. The number of benzene rings is 2. The van der Waals surface area contributed by atoms with Crippen molar-refractivity contribution in [3.05, 3.63) is 65.7 Å². The zero-order valence-corrected chi connectivity index (χ0v) is 22.9. The first-order chi connectivity index (χ1) is 18.6. The number of amides is 3. The molecule has 0 bridgehead atoms. The number of hydrogen-bond acceptors (Lipinski definition) is 7. The average molecular weight is 540 g/mol. The van der Waals surface area contributed by atoms with Crippen LogP contribution in [0.2, 0.25) is 0 Å². The van der Waals surface area contributed by atoms with E-state index >= 15 is 0 Å². The van der Waals surface area contributed by atoms with Crippen LogP contribution in [-0.2, 0) is 30.4 Å². The van der Waals surface area contributed by atoms with Gasteiger partial charge in [-0.15, -0.1) is 0 Å². The highest BCUT2D eigenvalue weighted by Crippen LogP contribution is 2.37. The second-order valence-electron chi connectivity index (χ2n) is 10.3. The van der Waals surface area contributed by atoms with Gasteiger partial charge in [0, 0.05) is 13.1 Å². The summed E-state index contributed by atoms with van der Waals surface area (Å²) in [7, 11) is 1.26. The Morgan fingerprint density at radius 2 is 1.69 bits per heavy atom. The number of alkyl carbamates (subject to hydrolysis) is 1. The van der Waals surface area contributed by atoms with Gasteiger partial charge in [0.1, 0.15) is 18.2 Å². The van der Waals surface area contributed by atoms with Crippen LogP contribution in [0, 0.1) is 0 Å². The molecule has 10 heteroatoms. The zero-order chi connectivity index (χ0) is 28.4. The Balaban J connectivity index is 1.51. The van der Waals surface area contributed by atoms with Crippen LogP contribution in [0.15, 0.2) is 54.6 Å². The average Bonchev–Trinajstić information content (AvgIpc) is 3.30. The maximum absolute atomic E-state index is 13.3. The molecule has 2 aromatic rings. The Kier molecular flexibility index (Phi) is 10.3. The lowest BCUT2D eigenvalue weighted by Gasteiger charge is -2.25. The number of nitrogens with one attached hydrogen (secondary N) is 2. The van der Waals surface area contributed by atoms with Crippen LogP contribution in [0.25, 0.3) is 0 Å². The zero-order valence-electron chi connectivity index (χ0n) is 22.9. The Morgan fingerprint density at radius 3 is 2.38 bits per heavy atom. The molecule has 10 nitrogen and oxygen atoms in total. The number of carbonyl (C=O) groups excluding carboxylic acids is 4. The maximum atomic E-state index is 13.3. The fourth-order valence-corrected chi connectivity index (χ4v) is 4.22. The minimum Gasteiger partial charge on any atom is -0.467 e. The minimum atomic E-state index is -0.865. The monoisotopic (exact) mass is 539 g/mol. The molecule has 210 valence electrons. The molecule has 0 aromatic heterocycles. The molecular weight excluding hydrogens is 502 g/mol. The van der Waals surface area contributed by atoms with Gasteiger partial charge in [-0.1, -0.05) is 48.5 Å². The molecule has 1 aliphatic heterocycles. The lowest BCUT2D eigenvalue weighted by molar-refractivity contribution is -0.145. The van der Waals surface area contributed by atoms with Crippen LogP contribution >= 0.6 is 0 Å². The molecule has 1 unspecified atom stereocenters. The van der Waals surface area contributed by atoms with Crippen molar-refractivity contribution >= 4 is 29.8 Å². The van der Waals surface area contributed by atoms with E-state index in [-0.39, 0.29) is 19.1 Å². The third-order valence-electron chi connectivity index (χ3n) is 6.10. The van der Waals surface area contributed by atoms with E-state index in [1.54, 1.807) is 45.0 Å². The number of nitrogens with zero attached hydrogens (tertiary/aromatic N) is 1. The summed E-state index contributed by atoms with van der Waals surface area (Å²) in [5, 5.41) is 5.48. The number of methoxy groups -OCH3 is 1. The molecule has 39 heavy (non-hydrogen) atoms. The number of para-hydroxylation sites is 1. The Hall–Kier alpha value is -4.08. The van der Waals surface area contributed by atoms with E-state index in [0.717, 1.165) is 5.56 Å². The quantitative estimate of drug-likeness (QED) is 0.262. The van der Waals surface area contributed by atoms with Crippen LogP contribution in [0.4, 0.5) is 15.3 Å². The summed E-state index contributed by atoms with van der Waals surface area (Å²) in [6.07, 6.45) is 0.381. The van der Waals surface area contributed by atoms with Gasteiger partial charge in [-0.25, -0.2) is 14.4 Å². The first kappa shape index (κ1) is 29.5. The molecule has 3 amide bonds. The molecule has 0 saturated heterocycles. The van der Waals surface area contributed by atoms with E-state index in [2.05, 4.69) is 10.6 Å². The van der Waals surface area contributed by atoms with Crippen molar-refractivity contribution in [1.29, 1.82) is 0 Å². The van der Waals surface area contributed by atoms with E-state index < -0.39 is 35.7 Å². The molecule has 0 radical (unpaired) electrons. The van der Waals surface area contributed by atoms with Crippen LogP contribution in [0.5, 0.6) is 0 Å². The number of unbranched alkanes of at least 4 members (excludes halogenated alkanes) is 1. The molecule has 3 rings (SSSR count). The van der Waals surface area contributed by atoms with Crippen LogP contribution in [-0.4, -0.2) is 55.9 Å². The second-order valence-corrected chi connectivity index (χ2v) is 10.3. The van der Waals surface area contributed by atoms with Gasteiger partial charge in [-0.3, -0.25) is 9.69 Å². The van der Waals surface area contributed by atoms with Gasteiger partial charge in [0.2, 0.25) is 5.91 Å². The molecule has 0 fully saturated rings. The lowest BCUT2D eigenvalue weighted by atomic mass is 9.99. The fraction of sp³-hybridized carbons (Fsp3) is 0.448. The van der Waals surface area contributed by atoms with E-state index in [9.17, 15) is 19.2 Å². The summed E-state index contributed by atoms with van der Waals surface area (Å²) < 4.78 is 15.6. The number of anilines is 1. The molecular formula is C29H37N3O7. The first-order valence-electron chi connectivity index (χ1n) is 13.0. The highest BCUT2D eigenvalue weighted by Gasteiger charge is 2.39. The summed E-state index contributed by atoms with van der Waals surface area (Å²) in [4.78, 5) is 51.9. The molecule has 0 spiro atoms. The summed E-state index contributed by atoms with van der Waals surface area (Å²) in [6, 6.07) is 15.6. The van der Waals surface area contributed by atoms with Crippen molar-refractivity contribution < 1.29 is 33.4 Å².